The maximum Gasteiger partial charge on any atom is 0.131 e. The summed E-state index contributed by atoms with van der Waals surface area (Å²) in [5.74, 6) is 0.888. The number of para-hydroxylation sites is 1. The molecule has 0 aliphatic heterocycles. The summed E-state index contributed by atoms with van der Waals surface area (Å²) in [7, 11) is 1.68. The Morgan fingerprint density at radius 2 is 2.13 bits per heavy atom. The van der Waals surface area contributed by atoms with E-state index in [9.17, 15) is 0 Å². The maximum absolute atomic E-state index is 5.67. The van der Waals surface area contributed by atoms with Crippen molar-refractivity contribution in [3.8, 4) is 17.0 Å². The van der Waals surface area contributed by atoms with Crippen molar-refractivity contribution in [2.75, 3.05) is 12.8 Å². The van der Waals surface area contributed by atoms with Crippen LogP contribution in [0.5, 0.6) is 5.75 Å². The smallest absolute Gasteiger partial charge is 0.131 e. The molecule has 0 saturated carbocycles. The zero-order chi connectivity index (χ0) is 10.8. The number of hydrogen-bond acceptors (Lipinski definition) is 2. The summed E-state index contributed by atoms with van der Waals surface area (Å²) in [4.78, 5) is 3.12. The SMILES string of the molecule is COc1c(C)cccc1-c1cc(N)c[nH]1. The molecule has 0 atom stereocenters. The molecule has 1 aromatic heterocycles. The first kappa shape index (κ1) is 9.65. The summed E-state index contributed by atoms with van der Waals surface area (Å²) >= 11 is 0. The Morgan fingerprint density at radius 3 is 2.73 bits per heavy atom. The third kappa shape index (κ3) is 1.68. The standard InChI is InChI=1S/C12H14N2O/c1-8-4-3-5-10(12(8)15-2)11-6-9(13)7-14-11/h3-7,14H,13H2,1-2H3. The van der Waals surface area contributed by atoms with Gasteiger partial charge in [0.1, 0.15) is 5.75 Å². The fourth-order valence-electron chi connectivity index (χ4n) is 1.70. The van der Waals surface area contributed by atoms with Gasteiger partial charge in [-0.25, -0.2) is 0 Å². The maximum atomic E-state index is 5.67. The van der Waals surface area contributed by atoms with E-state index in [-0.39, 0.29) is 0 Å². The van der Waals surface area contributed by atoms with Gasteiger partial charge < -0.3 is 15.5 Å². The van der Waals surface area contributed by atoms with E-state index in [1.165, 1.54) is 0 Å². The van der Waals surface area contributed by atoms with Crippen LogP contribution in [0.15, 0.2) is 30.5 Å². The van der Waals surface area contributed by atoms with Crippen LogP contribution in [0.1, 0.15) is 5.56 Å². The van der Waals surface area contributed by atoms with Crippen LogP contribution < -0.4 is 10.5 Å². The summed E-state index contributed by atoms with van der Waals surface area (Å²) in [5.41, 5.74) is 9.53. The van der Waals surface area contributed by atoms with Crippen LogP contribution in [0, 0.1) is 6.92 Å². The normalized spacial score (nSPS) is 10.3. The summed E-state index contributed by atoms with van der Waals surface area (Å²) in [6, 6.07) is 7.94. The predicted octanol–water partition coefficient (Wildman–Crippen LogP) is 2.58. The van der Waals surface area contributed by atoms with Crippen molar-refractivity contribution in [2.24, 2.45) is 0 Å². The number of aryl methyl sites for hydroxylation is 1. The first-order chi connectivity index (χ1) is 7.22. The van der Waals surface area contributed by atoms with Gasteiger partial charge in [0.2, 0.25) is 0 Å². The molecule has 15 heavy (non-hydrogen) atoms. The molecule has 3 N–H and O–H groups in total. The Bertz CT molecular complexity index is 474. The molecule has 2 aromatic rings. The quantitative estimate of drug-likeness (QED) is 0.786. The van der Waals surface area contributed by atoms with Crippen molar-refractivity contribution in [3.05, 3.63) is 36.0 Å². The van der Waals surface area contributed by atoms with E-state index in [1.807, 2.05) is 31.2 Å². The summed E-state index contributed by atoms with van der Waals surface area (Å²) < 4.78 is 5.38. The van der Waals surface area contributed by atoms with Crippen LogP contribution in [0.2, 0.25) is 0 Å². The second-order valence-electron chi connectivity index (χ2n) is 3.50. The van der Waals surface area contributed by atoms with E-state index in [4.69, 9.17) is 10.5 Å². The molecule has 0 unspecified atom stereocenters. The molecule has 0 saturated heterocycles. The molecule has 2 rings (SSSR count). The first-order valence-electron chi connectivity index (χ1n) is 4.80. The number of H-pyrrole nitrogens is 1. The van der Waals surface area contributed by atoms with Crippen molar-refractivity contribution in [1.82, 2.24) is 4.98 Å². The second-order valence-corrected chi connectivity index (χ2v) is 3.50. The van der Waals surface area contributed by atoms with Gasteiger partial charge in [-0.3, -0.25) is 0 Å². The van der Waals surface area contributed by atoms with E-state index in [2.05, 4.69) is 4.98 Å². The molecule has 3 heteroatoms. The average Bonchev–Trinajstić information content (AvgIpc) is 2.64. The summed E-state index contributed by atoms with van der Waals surface area (Å²) in [5, 5.41) is 0. The topological polar surface area (TPSA) is 51.0 Å². The minimum Gasteiger partial charge on any atom is -0.496 e. The van der Waals surface area contributed by atoms with E-state index < -0.39 is 0 Å². The lowest BCUT2D eigenvalue weighted by molar-refractivity contribution is 0.413. The van der Waals surface area contributed by atoms with Crippen LogP contribution in [0.3, 0.4) is 0 Å². The fourth-order valence-corrected chi connectivity index (χ4v) is 1.70. The number of nitrogens with two attached hydrogens (primary N) is 1. The first-order valence-corrected chi connectivity index (χ1v) is 4.80. The lowest BCUT2D eigenvalue weighted by atomic mass is 10.1. The van der Waals surface area contributed by atoms with Crippen LogP contribution in [0.4, 0.5) is 5.69 Å². The molecule has 0 spiro atoms. The van der Waals surface area contributed by atoms with Crippen LogP contribution >= 0.6 is 0 Å². The molecule has 0 bridgehead atoms. The van der Waals surface area contributed by atoms with Gasteiger partial charge in [0.15, 0.2) is 0 Å². The third-order valence-electron chi connectivity index (χ3n) is 2.41. The largest absolute Gasteiger partial charge is 0.496 e. The number of aromatic amines is 1. The van der Waals surface area contributed by atoms with Crippen molar-refractivity contribution in [2.45, 2.75) is 6.92 Å². The van der Waals surface area contributed by atoms with Gasteiger partial charge in [0, 0.05) is 17.4 Å². The number of hydrogen-bond donors (Lipinski definition) is 2. The Kier molecular flexibility index (Phi) is 2.37. The van der Waals surface area contributed by atoms with Crippen molar-refractivity contribution < 1.29 is 4.74 Å². The number of aromatic nitrogens is 1. The molecule has 0 fully saturated rings. The Labute approximate surface area is 88.9 Å². The van der Waals surface area contributed by atoms with Gasteiger partial charge in [-0.05, 0) is 24.6 Å². The third-order valence-corrected chi connectivity index (χ3v) is 2.41. The molecular formula is C12H14N2O. The number of anilines is 1. The van der Waals surface area contributed by atoms with Gasteiger partial charge in [-0.1, -0.05) is 12.1 Å². The fraction of sp³-hybridized carbons (Fsp3) is 0.167. The van der Waals surface area contributed by atoms with Gasteiger partial charge in [0.25, 0.3) is 0 Å². The number of ether oxygens (including phenoxy) is 1. The van der Waals surface area contributed by atoms with Crippen molar-refractivity contribution >= 4 is 5.69 Å². The highest BCUT2D eigenvalue weighted by Crippen LogP contribution is 2.32. The Balaban J connectivity index is 2.57. The van der Waals surface area contributed by atoms with Crippen LogP contribution in [0.25, 0.3) is 11.3 Å². The highest BCUT2D eigenvalue weighted by molar-refractivity contribution is 5.71. The van der Waals surface area contributed by atoms with E-state index >= 15 is 0 Å². The second kappa shape index (κ2) is 3.69. The van der Waals surface area contributed by atoms with E-state index in [0.717, 1.165) is 28.3 Å². The highest BCUT2D eigenvalue weighted by atomic mass is 16.5. The summed E-state index contributed by atoms with van der Waals surface area (Å²) in [6.07, 6.45) is 1.77. The molecule has 78 valence electrons. The Hall–Kier alpha value is -1.90. The highest BCUT2D eigenvalue weighted by Gasteiger charge is 2.08. The molecule has 1 aromatic carbocycles. The van der Waals surface area contributed by atoms with E-state index in [1.54, 1.807) is 13.3 Å². The van der Waals surface area contributed by atoms with Crippen LogP contribution in [-0.2, 0) is 0 Å². The zero-order valence-corrected chi connectivity index (χ0v) is 8.87. The number of nitrogen functional groups attached to an aromatic ring is 1. The minimum atomic E-state index is 0.730. The monoisotopic (exact) mass is 202 g/mol. The van der Waals surface area contributed by atoms with E-state index in [0.29, 0.717) is 0 Å². The predicted molar refractivity (Wildman–Crippen MR) is 61.9 cm³/mol. The average molecular weight is 202 g/mol. The lowest BCUT2D eigenvalue weighted by Crippen LogP contribution is -1.90. The van der Waals surface area contributed by atoms with Gasteiger partial charge in [0.05, 0.1) is 12.8 Å². The lowest BCUT2D eigenvalue weighted by Gasteiger charge is -2.09. The summed E-state index contributed by atoms with van der Waals surface area (Å²) in [6.45, 7) is 2.02. The molecule has 0 aliphatic rings. The molecule has 1 heterocycles. The number of rotatable bonds is 2. The minimum absolute atomic E-state index is 0.730. The van der Waals surface area contributed by atoms with Gasteiger partial charge in [-0.15, -0.1) is 0 Å². The number of benzene rings is 1. The van der Waals surface area contributed by atoms with Crippen molar-refractivity contribution in [3.63, 3.8) is 0 Å². The zero-order valence-electron chi connectivity index (χ0n) is 8.87. The molecular weight excluding hydrogens is 188 g/mol. The number of nitrogens with one attached hydrogen (secondary N) is 1. The molecule has 0 radical (unpaired) electrons. The molecule has 3 nitrogen and oxygen atoms in total. The van der Waals surface area contributed by atoms with Gasteiger partial charge in [-0.2, -0.15) is 0 Å². The number of methoxy groups -OCH3 is 1. The van der Waals surface area contributed by atoms with Crippen LogP contribution in [-0.4, -0.2) is 12.1 Å². The molecule has 0 aliphatic carbocycles. The van der Waals surface area contributed by atoms with Crippen molar-refractivity contribution in [1.29, 1.82) is 0 Å². The molecule has 0 amide bonds. The van der Waals surface area contributed by atoms with Gasteiger partial charge >= 0.3 is 0 Å². The Morgan fingerprint density at radius 1 is 1.33 bits per heavy atom.